The number of nitrogens with zero attached hydrogens (tertiary/aromatic N) is 1. The average molecular weight is 318 g/mol. The van der Waals surface area contributed by atoms with Gasteiger partial charge in [-0.3, -0.25) is 4.79 Å². The predicted octanol–water partition coefficient (Wildman–Crippen LogP) is 2.06. The third-order valence-electron chi connectivity index (χ3n) is 3.16. The van der Waals surface area contributed by atoms with Crippen LogP contribution in [0.15, 0.2) is 35.7 Å². The molecule has 1 heterocycles. The Kier molecular flexibility index (Phi) is 5.66. The van der Waals surface area contributed by atoms with Gasteiger partial charge in [0.25, 0.3) is 0 Å². The van der Waals surface area contributed by atoms with Crippen molar-refractivity contribution < 1.29 is 14.7 Å². The van der Waals surface area contributed by atoms with Gasteiger partial charge in [0.15, 0.2) is 0 Å². The number of hydrogen-bond donors (Lipinski definition) is 2. The van der Waals surface area contributed by atoms with Gasteiger partial charge >= 0.3 is 5.97 Å². The van der Waals surface area contributed by atoms with Crippen molar-refractivity contribution in [3.63, 3.8) is 0 Å². The molecule has 0 bridgehead atoms. The molecule has 0 saturated heterocycles. The van der Waals surface area contributed by atoms with Crippen molar-refractivity contribution in [2.75, 3.05) is 0 Å². The second kappa shape index (κ2) is 7.70. The maximum atomic E-state index is 12.0. The molecule has 22 heavy (non-hydrogen) atoms. The van der Waals surface area contributed by atoms with E-state index in [0.29, 0.717) is 5.69 Å². The van der Waals surface area contributed by atoms with Gasteiger partial charge in [0.05, 0.1) is 17.1 Å². The van der Waals surface area contributed by atoms with Crippen molar-refractivity contribution in [1.82, 2.24) is 10.3 Å². The van der Waals surface area contributed by atoms with E-state index in [0.717, 1.165) is 17.0 Å². The molecule has 1 aromatic carbocycles. The third kappa shape index (κ3) is 4.66. The number of benzene rings is 1. The quantitative estimate of drug-likeness (QED) is 0.819. The highest BCUT2D eigenvalue weighted by molar-refractivity contribution is 7.09. The van der Waals surface area contributed by atoms with E-state index in [1.807, 2.05) is 42.6 Å². The van der Waals surface area contributed by atoms with Crippen LogP contribution in [-0.2, 0) is 28.9 Å². The lowest BCUT2D eigenvalue weighted by atomic mass is 10.1. The van der Waals surface area contributed by atoms with Gasteiger partial charge in [-0.2, -0.15) is 0 Å². The fraction of sp³-hybridized carbons (Fsp3) is 0.312. The van der Waals surface area contributed by atoms with Crippen molar-refractivity contribution in [3.05, 3.63) is 52.0 Å². The zero-order valence-corrected chi connectivity index (χ0v) is 13.1. The van der Waals surface area contributed by atoms with Crippen LogP contribution in [0.25, 0.3) is 0 Å². The molecular formula is C16H18N2O3S. The number of carbonyl (C=O) groups is 2. The third-order valence-corrected chi connectivity index (χ3v) is 4.20. The Bertz CT molecular complexity index is 640. The van der Waals surface area contributed by atoms with Crippen molar-refractivity contribution in [3.8, 4) is 0 Å². The highest BCUT2D eigenvalue weighted by Gasteiger charge is 2.20. The first kappa shape index (κ1) is 16.2. The second-order valence-corrected chi connectivity index (χ2v) is 5.85. The van der Waals surface area contributed by atoms with Gasteiger partial charge in [-0.1, -0.05) is 37.3 Å². The molecule has 0 aliphatic carbocycles. The number of aliphatic carboxylic acids is 1. The van der Waals surface area contributed by atoms with Crippen LogP contribution in [0.1, 0.15) is 23.2 Å². The van der Waals surface area contributed by atoms with Gasteiger partial charge in [-0.05, 0) is 12.0 Å². The molecule has 0 aliphatic heterocycles. The average Bonchev–Trinajstić information content (AvgIpc) is 2.95. The number of aryl methyl sites for hydroxylation is 1. The molecule has 1 aromatic heterocycles. The number of carboxylic acid groups (broad SMARTS) is 1. The second-order valence-electron chi connectivity index (χ2n) is 4.91. The Morgan fingerprint density at radius 3 is 2.64 bits per heavy atom. The summed E-state index contributed by atoms with van der Waals surface area (Å²) < 4.78 is 0. The summed E-state index contributed by atoms with van der Waals surface area (Å²) in [6.45, 7) is 2.00. The minimum absolute atomic E-state index is 0.106. The summed E-state index contributed by atoms with van der Waals surface area (Å²) in [7, 11) is 0. The lowest BCUT2D eigenvalue weighted by molar-refractivity contribution is -0.141. The molecule has 1 unspecified atom stereocenters. The fourth-order valence-electron chi connectivity index (χ4n) is 2.05. The first-order chi connectivity index (χ1) is 10.6. The van der Waals surface area contributed by atoms with Gasteiger partial charge < -0.3 is 10.4 Å². The molecule has 1 amide bonds. The van der Waals surface area contributed by atoms with E-state index >= 15 is 0 Å². The Morgan fingerprint density at radius 2 is 2.05 bits per heavy atom. The van der Waals surface area contributed by atoms with E-state index in [4.69, 9.17) is 0 Å². The molecule has 0 fully saturated rings. The minimum Gasteiger partial charge on any atom is -0.480 e. The normalized spacial score (nSPS) is 11.9. The largest absolute Gasteiger partial charge is 0.480 e. The van der Waals surface area contributed by atoms with E-state index in [9.17, 15) is 14.7 Å². The first-order valence-electron chi connectivity index (χ1n) is 7.08. The molecule has 0 aliphatic rings. The van der Waals surface area contributed by atoms with E-state index in [1.54, 1.807) is 0 Å². The predicted molar refractivity (Wildman–Crippen MR) is 84.9 cm³/mol. The van der Waals surface area contributed by atoms with Crippen LogP contribution in [0, 0.1) is 0 Å². The number of hydrogen-bond acceptors (Lipinski definition) is 4. The minimum atomic E-state index is -1.04. The molecule has 0 radical (unpaired) electrons. The number of nitrogens with one attached hydrogen (secondary N) is 1. The van der Waals surface area contributed by atoms with Gasteiger partial charge in [0.1, 0.15) is 6.04 Å². The number of thiazole rings is 1. The number of amides is 1. The van der Waals surface area contributed by atoms with E-state index < -0.39 is 12.0 Å². The Morgan fingerprint density at radius 1 is 1.32 bits per heavy atom. The van der Waals surface area contributed by atoms with Crippen molar-refractivity contribution in [1.29, 1.82) is 0 Å². The Hall–Kier alpha value is -2.21. The summed E-state index contributed by atoms with van der Waals surface area (Å²) in [5, 5.41) is 14.6. The van der Waals surface area contributed by atoms with Crippen LogP contribution in [0.5, 0.6) is 0 Å². The monoisotopic (exact) mass is 318 g/mol. The van der Waals surface area contributed by atoms with Crippen LogP contribution in [-0.4, -0.2) is 28.0 Å². The van der Waals surface area contributed by atoms with Gasteiger partial charge in [-0.25, -0.2) is 9.78 Å². The number of carboxylic acids is 1. The zero-order chi connectivity index (χ0) is 15.9. The molecule has 2 aromatic rings. The Labute approximate surface area is 133 Å². The molecular weight excluding hydrogens is 300 g/mol. The molecule has 6 heteroatoms. The van der Waals surface area contributed by atoms with Gasteiger partial charge in [-0.15, -0.1) is 11.3 Å². The molecule has 0 spiro atoms. The summed E-state index contributed by atoms with van der Waals surface area (Å²) in [6.07, 6.45) is 1.20. The summed E-state index contributed by atoms with van der Waals surface area (Å²) >= 11 is 1.51. The van der Waals surface area contributed by atoms with E-state index in [-0.39, 0.29) is 18.7 Å². The molecule has 1 atom stereocenters. The summed E-state index contributed by atoms with van der Waals surface area (Å²) in [5.74, 6) is -1.36. The van der Waals surface area contributed by atoms with Gasteiger partial charge in [0.2, 0.25) is 5.91 Å². The first-order valence-corrected chi connectivity index (χ1v) is 7.95. The zero-order valence-electron chi connectivity index (χ0n) is 12.3. The number of carbonyl (C=O) groups excluding carboxylic acids is 1. The van der Waals surface area contributed by atoms with Crippen molar-refractivity contribution in [2.24, 2.45) is 0 Å². The molecule has 2 N–H and O–H groups in total. The van der Waals surface area contributed by atoms with Crippen LogP contribution < -0.4 is 5.32 Å². The maximum absolute atomic E-state index is 12.0. The highest BCUT2D eigenvalue weighted by Crippen LogP contribution is 2.11. The number of aromatic nitrogens is 1. The molecule has 2 rings (SSSR count). The van der Waals surface area contributed by atoms with Crippen LogP contribution in [0.2, 0.25) is 0 Å². The highest BCUT2D eigenvalue weighted by atomic mass is 32.1. The molecule has 5 nitrogen and oxygen atoms in total. The smallest absolute Gasteiger partial charge is 0.326 e. The topological polar surface area (TPSA) is 79.3 Å². The standard InChI is InChI=1S/C16H18N2O3S/c1-2-15-17-12(10-22-15)9-14(19)18-13(16(20)21)8-11-6-4-3-5-7-11/h3-7,10,13H,2,8-9H2,1H3,(H,18,19)(H,20,21). The van der Waals surface area contributed by atoms with E-state index in [1.165, 1.54) is 11.3 Å². The van der Waals surface area contributed by atoms with Crippen molar-refractivity contribution in [2.45, 2.75) is 32.2 Å². The summed E-state index contributed by atoms with van der Waals surface area (Å²) in [4.78, 5) is 27.6. The fourth-order valence-corrected chi connectivity index (χ4v) is 2.80. The molecule has 116 valence electrons. The number of rotatable bonds is 7. The van der Waals surface area contributed by atoms with E-state index in [2.05, 4.69) is 10.3 Å². The SMILES string of the molecule is CCc1nc(CC(=O)NC(Cc2ccccc2)C(=O)O)cs1. The van der Waals surface area contributed by atoms with Crippen LogP contribution in [0.4, 0.5) is 0 Å². The summed E-state index contributed by atoms with van der Waals surface area (Å²) in [5.41, 5.74) is 1.56. The van der Waals surface area contributed by atoms with Crippen molar-refractivity contribution >= 4 is 23.2 Å². The van der Waals surface area contributed by atoms with Gasteiger partial charge in [0, 0.05) is 11.8 Å². The van der Waals surface area contributed by atoms with Crippen LogP contribution in [0.3, 0.4) is 0 Å². The lowest BCUT2D eigenvalue weighted by Gasteiger charge is -2.14. The summed E-state index contributed by atoms with van der Waals surface area (Å²) in [6, 6.07) is 8.31. The maximum Gasteiger partial charge on any atom is 0.326 e. The Balaban J connectivity index is 1.95. The van der Waals surface area contributed by atoms with Crippen LogP contribution >= 0.6 is 11.3 Å². The lowest BCUT2D eigenvalue weighted by Crippen LogP contribution is -2.43. The molecule has 0 saturated carbocycles.